The van der Waals surface area contributed by atoms with Gasteiger partial charge in [-0.3, -0.25) is 9.59 Å². The van der Waals surface area contributed by atoms with E-state index in [1.165, 1.54) is 20.8 Å². The number of carbonyl (C=O) groups excluding carboxylic acids is 2. The van der Waals surface area contributed by atoms with Crippen molar-refractivity contribution in [1.29, 1.82) is 0 Å². The first-order valence-electron chi connectivity index (χ1n) is 14.9. The number of ketones is 1. The lowest BCUT2D eigenvalue weighted by Crippen LogP contribution is -2.57. The maximum Gasteiger partial charge on any atom is 0.302 e. The van der Waals surface area contributed by atoms with Crippen molar-refractivity contribution in [2.75, 3.05) is 6.61 Å². The summed E-state index contributed by atoms with van der Waals surface area (Å²) in [5, 5.41) is 31.8. The van der Waals surface area contributed by atoms with Gasteiger partial charge in [0.1, 0.15) is 11.9 Å². The highest BCUT2D eigenvalue weighted by molar-refractivity contribution is 5.85. The normalized spacial score (nSPS) is 40.8. The van der Waals surface area contributed by atoms with Gasteiger partial charge in [0.15, 0.2) is 0 Å². The summed E-state index contributed by atoms with van der Waals surface area (Å²) in [6, 6.07) is 0. The number of hydrogen-bond donors (Lipinski definition) is 3. The number of allylic oxidation sites excluding steroid dienone is 2. The Labute approximate surface area is 229 Å². The monoisotopic (exact) mass is 532 g/mol. The Bertz CT molecular complexity index is 977. The first-order chi connectivity index (χ1) is 17.4. The summed E-state index contributed by atoms with van der Waals surface area (Å²) < 4.78 is 5.53. The van der Waals surface area contributed by atoms with E-state index in [2.05, 4.69) is 40.7 Å². The van der Waals surface area contributed by atoms with Gasteiger partial charge in [-0.1, -0.05) is 46.3 Å². The number of fused-ring (bicyclic) bond motifs is 5. The van der Waals surface area contributed by atoms with Crippen molar-refractivity contribution in [2.24, 2.45) is 45.3 Å². The summed E-state index contributed by atoms with van der Waals surface area (Å²) in [4.78, 5) is 24.7. The highest BCUT2D eigenvalue weighted by atomic mass is 16.5. The molecule has 3 fully saturated rings. The van der Waals surface area contributed by atoms with Crippen LogP contribution in [0.1, 0.15) is 107 Å². The number of Topliss-reactive ketones (excluding diaryl/α,β-unsaturated/α-hetero) is 1. The van der Waals surface area contributed by atoms with E-state index in [0.29, 0.717) is 24.0 Å². The molecular formula is C32H52O6. The molecule has 4 rings (SSSR count). The standard InChI is InChI=1S/C32H52O6/c1-19(33)38-18-20(17-24(34)27(36)29(4,5)37)21-11-15-32(8)23-9-10-25-28(2,3)26(35)13-14-30(25,6)22(23)12-16-31(21,32)7/h9,20-22,24-25,27,34,36-37H,10-18H2,1-8H3. The number of carbonyl (C=O) groups is 2. The lowest BCUT2D eigenvalue weighted by molar-refractivity contribution is -0.148. The van der Waals surface area contributed by atoms with Crippen LogP contribution in [0.3, 0.4) is 0 Å². The molecule has 0 spiro atoms. The molecule has 0 aromatic carbocycles. The molecule has 6 heteroatoms. The lowest BCUT2D eigenvalue weighted by atomic mass is 9.41. The van der Waals surface area contributed by atoms with Gasteiger partial charge in [-0.25, -0.2) is 0 Å². The van der Waals surface area contributed by atoms with Crippen molar-refractivity contribution in [3.8, 4) is 0 Å². The molecule has 6 nitrogen and oxygen atoms in total. The van der Waals surface area contributed by atoms with Crippen LogP contribution in [-0.4, -0.2) is 51.5 Å². The van der Waals surface area contributed by atoms with Gasteiger partial charge in [0.25, 0.3) is 0 Å². The minimum Gasteiger partial charge on any atom is -0.466 e. The third-order valence-electron chi connectivity index (χ3n) is 12.3. The van der Waals surface area contributed by atoms with E-state index in [1.54, 1.807) is 5.57 Å². The second-order valence-electron chi connectivity index (χ2n) is 15.0. The summed E-state index contributed by atoms with van der Waals surface area (Å²) >= 11 is 0. The summed E-state index contributed by atoms with van der Waals surface area (Å²) in [5.74, 6) is 1.00. The topological polar surface area (TPSA) is 104 Å². The smallest absolute Gasteiger partial charge is 0.302 e. The fraction of sp³-hybridized carbons (Fsp3) is 0.875. The van der Waals surface area contributed by atoms with E-state index in [4.69, 9.17) is 4.74 Å². The zero-order chi connectivity index (χ0) is 28.5. The van der Waals surface area contributed by atoms with Gasteiger partial charge in [-0.05, 0) is 98.7 Å². The van der Waals surface area contributed by atoms with Gasteiger partial charge in [0.05, 0.1) is 18.3 Å². The molecular weight excluding hydrogens is 480 g/mol. The summed E-state index contributed by atoms with van der Waals surface area (Å²) in [7, 11) is 0. The highest BCUT2D eigenvalue weighted by Gasteiger charge is 2.65. The summed E-state index contributed by atoms with van der Waals surface area (Å²) in [5.41, 5.74) is -0.0702. The second-order valence-corrected chi connectivity index (χ2v) is 15.0. The second kappa shape index (κ2) is 9.69. The van der Waals surface area contributed by atoms with E-state index in [0.717, 1.165) is 38.5 Å². The molecule has 0 aliphatic heterocycles. The Morgan fingerprint density at radius 2 is 1.76 bits per heavy atom. The van der Waals surface area contributed by atoms with Crippen molar-refractivity contribution >= 4 is 11.8 Å². The van der Waals surface area contributed by atoms with Crippen LogP contribution in [0, 0.1) is 45.3 Å². The first-order valence-corrected chi connectivity index (χ1v) is 14.9. The number of ether oxygens (including phenoxy) is 1. The van der Waals surface area contributed by atoms with Gasteiger partial charge in [-0.15, -0.1) is 0 Å². The number of esters is 1. The molecule has 0 aromatic rings. The Kier molecular flexibility index (Phi) is 7.59. The predicted octanol–water partition coefficient (Wildman–Crippen LogP) is 5.22. The highest BCUT2D eigenvalue weighted by Crippen LogP contribution is 2.73. The molecule has 4 aliphatic rings. The van der Waals surface area contributed by atoms with Crippen LogP contribution in [0.15, 0.2) is 11.6 Å². The number of hydrogen-bond acceptors (Lipinski definition) is 6. The Hall–Kier alpha value is -1.24. The third kappa shape index (κ3) is 4.51. The number of aliphatic hydroxyl groups excluding tert-OH is 2. The van der Waals surface area contributed by atoms with Gasteiger partial charge in [-0.2, -0.15) is 0 Å². The number of rotatable bonds is 7. The predicted molar refractivity (Wildman–Crippen MR) is 147 cm³/mol. The molecule has 0 bridgehead atoms. The molecule has 0 amide bonds. The molecule has 4 aliphatic carbocycles. The van der Waals surface area contributed by atoms with E-state index in [-0.39, 0.29) is 52.5 Å². The molecule has 3 saturated carbocycles. The molecule has 3 N–H and O–H groups in total. The Morgan fingerprint density at radius 1 is 1.11 bits per heavy atom. The van der Waals surface area contributed by atoms with Crippen LogP contribution in [-0.2, 0) is 14.3 Å². The van der Waals surface area contributed by atoms with E-state index >= 15 is 0 Å². The average molecular weight is 533 g/mol. The summed E-state index contributed by atoms with van der Waals surface area (Å²) in [6.07, 6.45) is 7.10. The van der Waals surface area contributed by atoms with E-state index in [1.807, 2.05) is 0 Å². The molecule has 0 saturated heterocycles. The van der Waals surface area contributed by atoms with Crippen LogP contribution in [0.2, 0.25) is 0 Å². The zero-order valence-corrected chi connectivity index (χ0v) is 25.0. The van der Waals surface area contributed by atoms with Crippen molar-refractivity contribution in [3.63, 3.8) is 0 Å². The zero-order valence-electron chi connectivity index (χ0n) is 25.0. The Balaban J connectivity index is 1.66. The molecule has 38 heavy (non-hydrogen) atoms. The van der Waals surface area contributed by atoms with Gasteiger partial charge >= 0.3 is 5.97 Å². The van der Waals surface area contributed by atoms with Gasteiger partial charge in [0.2, 0.25) is 0 Å². The lowest BCUT2D eigenvalue weighted by Gasteiger charge is -2.63. The third-order valence-corrected chi connectivity index (χ3v) is 12.3. The number of aliphatic hydroxyl groups is 3. The maximum absolute atomic E-state index is 12.9. The van der Waals surface area contributed by atoms with Crippen LogP contribution < -0.4 is 0 Å². The molecule has 9 atom stereocenters. The average Bonchev–Trinajstić information content (AvgIpc) is 3.09. The van der Waals surface area contributed by atoms with Crippen LogP contribution in [0.4, 0.5) is 0 Å². The fourth-order valence-electron chi connectivity index (χ4n) is 9.79. The molecule has 9 unspecified atom stereocenters. The summed E-state index contributed by atoms with van der Waals surface area (Å²) in [6.45, 7) is 16.2. The maximum atomic E-state index is 12.9. The minimum absolute atomic E-state index is 0.00550. The van der Waals surface area contributed by atoms with Crippen LogP contribution in [0.5, 0.6) is 0 Å². The Morgan fingerprint density at radius 3 is 2.37 bits per heavy atom. The van der Waals surface area contributed by atoms with E-state index < -0.39 is 17.8 Å². The SMILES string of the molecule is CC(=O)OCC(CC(O)C(O)C(C)(C)O)C1CCC2(C)C3=CCC4C(C)(C)C(=O)CCC4(C)C3CCC12C. The van der Waals surface area contributed by atoms with Crippen molar-refractivity contribution < 1.29 is 29.6 Å². The molecule has 0 aromatic heterocycles. The van der Waals surface area contributed by atoms with Crippen molar-refractivity contribution in [1.82, 2.24) is 0 Å². The molecule has 0 radical (unpaired) electrons. The van der Waals surface area contributed by atoms with Crippen LogP contribution in [0.25, 0.3) is 0 Å². The van der Waals surface area contributed by atoms with Crippen LogP contribution >= 0.6 is 0 Å². The van der Waals surface area contributed by atoms with E-state index in [9.17, 15) is 24.9 Å². The molecule has 216 valence electrons. The van der Waals surface area contributed by atoms with Gasteiger partial charge in [0, 0.05) is 18.8 Å². The van der Waals surface area contributed by atoms with Gasteiger partial charge < -0.3 is 20.1 Å². The van der Waals surface area contributed by atoms with Crippen molar-refractivity contribution in [3.05, 3.63) is 11.6 Å². The fourth-order valence-corrected chi connectivity index (χ4v) is 9.79. The van der Waals surface area contributed by atoms with Crippen molar-refractivity contribution in [2.45, 2.75) is 125 Å². The largest absolute Gasteiger partial charge is 0.466 e. The minimum atomic E-state index is -1.42. The first kappa shape index (κ1) is 29.7. The molecule has 0 heterocycles. The quantitative estimate of drug-likeness (QED) is 0.307.